The molecule has 1 aromatic rings. The molecule has 0 unspecified atom stereocenters. The van der Waals surface area contributed by atoms with Crippen LogP contribution in [0.5, 0.6) is 0 Å². The van der Waals surface area contributed by atoms with E-state index in [9.17, 15) is 0 Å². The van der Waals surface area contributed by atoms with E-state index < -0.39 is 0 Å². The molecule has 0 spiro atoms. The quantitative estimate of drug-likeness (QED) is 0.642. The fourth-order valence-electron chi connectivity index (χ4n) is 0.522. The minimum atomic E-state index is 0.928. The van der Waals surface area contributed by atoms with Crippen molar-refractivity contribution in [1.29, 1.82) is 0 Å². The largest absolute Gasteiger partial charge is 0.142 e. The monoisotopic (exact) mass is 176 g/mol. The number of halogens is 1. The zero-order valence-electron chi connectivity index (χ0n) is 4.54. The van der Waals surface area contributed by atoms with E-state index in [0.717, 1.165) is 9.79 Å². The SMILES string of the molecule is Sc1ccccc1SCl. The molecule has 0 amide bonds. The molecule has 0 heterocycles. The highest BCUT2D eigenvalue weighted by Crippen LogP contribution is 2.27. The lowest BCUT2D eigenvalue weighted by atomic mass is 10.4. The van der Waals surface area contributed by atoms with Gasteiger partial charge in [-0.3, -0.25) is 0 Å². The Balaban J connectivity index is 3.01. The van der Waals surface area contributed by atoms with Crippen LogP contribution in [0, 0.1) is 0 Å². The van der Waals surface area contributed by atoms with Crippen LogP contribution in [0.2, 0.25) is 0 Å². The molecule has 0 N–H and O–H groups in total. The van der Waals surface area contributed by atoms with E-state index in [-0.39, 0.29) is 0 Å². The summed E-state index contributed by atoms with van der Waals surface area (Å²) in [5, 5.41) is 0. The first-order chi connectivity index (χ1) is 4.34. The summed E-state index contributed by atoms with van der Waals surface area (Å²) in [6.45, 7) is 0. The lowest BCUT2D eigenvalue weighted by Gasteiger charge is -1.95. The summed E-state index contributed by atoms with van der Waals surface area (Å²) in [5.41, 5.74) is 0. The van der Waals surface area contributed by atoms with Crippen LogP contribution in [-0.2, 0) is 0 Å². The minimum Gasteiger partial charge on any atom is -0.142 e. The molecule has 0 fully saturated rings. The summed E-state index contributed by atoms with van der Waals surface area (Å²) in [6, 6.07) is 7.71. The Morgan fingerprint density at radius 3 is 2.44 bits per heavy atom. The molecule has 0 aromatic heterocycles. The second-order valence-corrected chi connectivity index (χ2v) is 3.08. The molecule has 1 rings (SSSR count). The summed E-state index contributed by atoms with van der Waals surface area (Å²) in [4.78, 5) is 1.93. The van der Waals surface area contributed by atoms with Crippen LogP contribution in [0.1, 0.15) is 0 Å². The first-order valence-electron chi connectivity index (χ1n) is 2.41. The highest BCUT2D eigenvalue weighted by atomic mass is 35.7. The maximum Gasteiger partial charge on any atom is 0.0366 e. The van der Waals surface area contributed by atoms with Crippen molar-refractivity contribution >= 4 is 34.3 Å². The molecular weight excluding hydrogens is 172 g/mol. The molecule has 3 heteroatoms. The van der Waals surface area contributed by atoms with Crippen LogP contribution in [0.15, 0.2) is 34.1 Å². The third-order valence-corrected chi connectivity index (χ3v) is 2.51. The molecule has 0 radical (unpaired) electrons. The second kappa shape index (κ2) is 3.40. The van der Waals surface area contributed by atoms with E-state index in [1.54, 1.807) is 0 Å². The van der Waals surface area contributed by atoms with Gasteiger partial charge in [0.05, 0.1) is 0 Å². The molecule has 0 bridgehead atoms. The molecule has 9 heavy (non-hydrogen) atoms. The van der Waals surface area contributed by atoms with Crippen molar-refractivity contribution in [2.24, 2.45) is 0 Å². The fraction of sp³-hybridized carbons (Fsp3) is 0. The normalized spacial score (nSPS) is 9.56. The maximum atomic E-state index is 5.50. The number of thiol groups is 1. The van der Waals surface area contributed by atoms with Gasteiger partial charge in [0.25, 0.3) is 0 Å². The van der Waals surface area contributed by atoms with Crippen LogP contribution in [0.4, 0.5) is 0 Å². The van der Waals surface area contributed by atoms with Crippen molar-refractivity contribution < 1.29 is 0 Å². The van der Waals surface area contributed by atoms with Gasteiger partial charge in [0.15, 0.2) is 0 Å². The van der Waals surface area contributed by atoms with Crippen molar-refractivity contribution in [3.05, 3.63) is 24.3 Å². The summed E-state index contributed by atoms with van der Waals surface area (Å²) in [6.07, 6.45) is 0. The van der Waals surface area contributed by atoms with Crippen molar-refractivity contribution in [3.63, 3.8) is 0 Å². The Bertz CT molecular complexity index is 200. The smallest absolute Gasteiger partial charge is 0.0366 e. The highest BCUT2D eigenvalue weighted by molar-refractivity contribution is 8.21. The fourth-order valence-corrected chi connectivity index (χ4v) is 1.66. The van der Waals surface area contributed by atoms with E-state index in [1.807, 2.05) is 24.3 Å². The predicted molar refractivity (Wildman–Crippen MR) is 45.4 cm³/mol. The topological polar surface area (TPSA) is 0 Å². The van der Waals surface area contributed by atoms with Gasteiger partial charge in [-0.05, 0) is 33.8 Å². The van der Waals surface area contributed by atoms with E-state index in [2.05, 4.69) is 12.6 Å². The van der Waals surface area contributed by atoms with Gasteiger partial charge in [-0.1, -0.05) is 12.1 Å². The molecule has 48 valence electrons. The van der Waals surface area contributed by atoms with Gasteiger partial charge < -0.3 is 0 Å². The highest BCUT2D eigenvalue weighted by Gasteiger charge is 1.93. The van der Waals surface area contributed by atoms with Crippen molar-refractivity contribution in [3.8, 4) is 0 Å². The van der Waals surface area contributed by atoms with Crippen molar-refractivity contribution in [1.82, 2.24) is 0 Å². The summed E-state index contributed by atoms with van der Waals surface area (Å²) in [7, 11) is 6.69. The maximum absolute atomic E-state index is 5.50. The third kappa shape index (κ3) is 1.81. The molecule has 0 aliphatic rings. The molecule has 0 nitrogen and oxygen atoms in total. The van der Waals surface area contributed by atoms with Gasteiger partial charge in [0.1, 0.15) is 0 Å². The first kappa shape index (κ1) is 7.32. The van der Waals surface area contributed by atoms with E-state index >= 15 is 0 Å². The molecule has 0 aliphatic carbocycles. The molecule has 0 saturated carbocycles. The Labute approximate surface area is 68.5 Å². The molecule has 0 aliphatic heterocycles. The van der Waals surface area contributed by atoms with Gasteiger partial charge in [0, 0.05) is 9.79 Å². The van der Waals surface area contributed by atoms with E-state index in [1.165, 1.54) is 11.0 Å². The standard InChI is InChI=1S/C6H5ClS2/c7-9-6-4-2-1-3-5(6)8/h1-4,8H. The lowest BCUT2D eigenvalue weighted by Crippen LogP contribution is -1.67. The zero-order chi connectivity index (χ0) is 6.69. The summed E-state index contributed by atoms with van der Waals surface area (Å²) in [5.74, 6) is 0. The van der Waals surface area contributed by atoms with Gasteiger partial charge in [0.2, 0.25) is 0 Å². The Morgan fingerprint density at radius 2 is 2.00 bits per heavy atom. The average Bonchev–Trinajstić information content (AvgIpc) is 1.89. The lowest BCUT2D eigenvalue weighted by molar-refractivity contribution is 1.27. The van der Waals surface area contributed by atoms with E-state index in [4.69, 9.17) is 10.7 Å². The van der Waals surface area contributed by atoms with Crippen LogP contribution in [-0.4, -0.2) is 0 Å². The van der Waals surface area contributed by atoms with Gasteiger partial charge in [-0.2, -0.15) is 0 Å². The molecule has 0 saturated heterocycles. The van der Waals surface area contributed by atoms with Crippen molar-refractivity contribution in [2.75, 3.05) is 0 Å². The van der Waals surface area contributed by atoms with E-state index in [0.29, 0.717) is 0 Å². The Hall–Kier alpha value is 0.210. The van der Waals surface area contributed by atoms with Gasteiger partial charge in [-0.15, -0.1) is 12.6 Å². The third-order valence-electron chi connectivity index (χ3n) is 0.948. The molecular formula is C6H5ClS2. The summed E-state index contributed by atoms with van der Waals surface area (Å²) < 4.78 is 0. The van der Waals surface area contributed by atoms with Crippen LogP contribution in [0.3, 0.4) is 0 Å². The molecule has 1 aromatic carbocycles. The Morgan fingerprint density at radius 1 is 1.33 bits per heavy atom. The average molecular weight is 177 g/mol. The second-order valence-electron chi connectivity index (χ2n) is 1.54. The molecule has 0 atom stereocenters. The Kier molecular flexibility index (Phi) is 2.76. The van der Waals surface area contributed by atoms with Crippen LogP contribution in [0.25, 0.3) is 0 Å². The number of rotatable bonds is 1. The van der Waals surface area contributed by atoms with Gasteiger partial charge >= 0.3 is 0 Å². The van der Waals surface area contributed by atoms with Crippen LogP contribution < -0.4 is 0 Å². The number of hydrogen-bond acceptors (Lipinski definition) is 2. The van der Waals surface area contributed by atoms with Gasteiger partial charge in [-0.25, -0.2) is 0 Å². The minimum absolute atomic E-state index is 0.928. The summed E-state index contributed by atoms with van der Waals surface area (Å²) >= 11 is 4.17. The predicted octanol–water partition coefficient (Wildman–Crippen LogP) is 3.22. The van der Waals surface area contributed by atoms with Crippen molar-refractivity contribution in [2.45, 2.75) is 9.79 Å². The number of benzene rings is 1. The first-order valence-corrected chi connectivity index (χ1v) is 4.50. The zero-order valence-corrected chi connectivity index (χ0v) is 7.01. The number of hydrogen-bond donors (Lipinski definition) is 1. The van der Waals surface area contributed by atoms with Crippen LogP contribution >= 0.6 is 34.3 Å².